The lowest BCUT2D eigenvalue weighted by molar-refractivity contribution is -0.118. The second-order valence-corrected chi connectivity index (χ2v) is 7.58. The summed E-state index contributed by atoms with van der Waals surface area (Å²) < 4.78 is 7.29. The van der Waals surface area contributed by atoms with Crippen molar-refractivity contribution < 1.29 is 9.53 Å². The monoisotopic (exact) mass is 413 g/mol. The normalized spacial score (nSPS) is 10.4. The van der Waals surface area contributed by atoms with Crippen LogP contribution in [0.5, 0.6) is 5.75 Å². The molecular formula is C19H19N5O2S2. The summed E-state index contributed by atoms with van der Waals surface area (Å²) >= 11 is 2.98. The summed E-state index contributed by atoms with van der Waals surface area (Å²) in [4.78, 5) is 13.3. The highest BCUT2D eigenvalue weighted by atomic mass is 32.2. The smallest absolute Gasteiger partial charge is 0.230 e. The summed E-state index contributed by atoms with van der Waals surface area (Å²) in [5, 5.41) is 22.7. The second-order valence-electron chi connectivity index (χ2n) is 5.69. The van der Waals surface area contributed by atoms with Crippen LogP contribution in [-0.4, -0.2) is 33.0 Å². The number of ether oxygens (including phenoxy) is 1. The van der Waals surface area contributed by atoms with E-state index in [1.54, 1.807) is 17.4 Å². The molecule has 9 heteroatoms. The molecule has 0 aliphatic rings. The van der Waals surface area contributed by atoms with Crippen LogP contribution in [0.1, 0.15) is 12.5 Å². The predicted molar refractivity (Wildman–Crippen MR) is 109 cm³/mol. The third kappa shape index (κ3) is 5.12. The van der Waals surface area contributed by atoms with Gasteiger partial charge in [0, 0.05) is 13.1 Å². The number of thiophene rings is 1. The molecule has 0 saturated heterocycles. The fourth-order valence-electron chi connectivity index (χ4n) is 2.51. The van der Waals surface area contributed by atoms with E-state index in [1.807, 2.05) is 53.3 Å². The van der Waals surface area contributed by atoms with Gasteiger partial charge in [0.1, 0.15) is 11.8 Å². The molecule has 2 heterocycles. The molecule has 0 radical (unpaired) electrons. The highest BCUT2D eigenvalue weighted by Gasteiger charge is 2.15. The van der Waals surface area contributed by atoms with Crippen LogP contribution in [0, 0.1) is 11.3 Å². The van der Waals surface area contributed by atoms with E-state index < -0.39 is 0 Å². The number of aromatic nitrogens is 3. The Hall–Kier alpha value is -2.83. The molecule has 1 amide bonds. The molecule has 3 rings (SSSR count). The fourth-order valence-corrected chi connectivity index (χ4v) is 4.06. The van der Waals surface area contributed by atoms with Crippen molar-refractivity contribution in [1.29, 1.82) is 5.26 Å². The second kappa shape index (κ2) is 9.92. The van der Waals surface area contributed by atoms with Crippen LogP contribution in [-0.2, 0) is 17.9 Å². The van der Waals surface area contributed by atoms with Crippen LogP contribution < -0.4 is 10.1 Å². The highest BCUT2D eigenvalue weighted by molar-refractivity contribution is 7.99. The SMILES string of the molecule is CCn1c(SCC(=O)NCc2cccc(OCC#N)c2)nnc1-c1cccs1. The fraction of sp³-hybridized carbons (Fsp3) is 0.263. The lowest BCUT2D eigenvalue weighted by atomic mass is 10.2. The molecule has 1 aromatic carbocycles. The van der Waals surface area contributed by atoms with Crippen LogP contribution in [0.4, 0.5) is 0 Å². The maximum absolute atomic E-state index is 12.2. The van der Waals surface area contributed by atoms with E-state index in [4.69, 9.17) is 10.00 Å². The van der Waals surface area contributed by atoms with Crippen molar-refractivity contribution in [2.24, 2.45) is 0 Å². The van der Waals surface area contributed by atoms with Crippen molar-refractivity contribution >= 4 is 29.0 Å². The Labute approximate surface area is 171 Å². The summed E-state index contributed by atoms with van der Waals surface area (Å²) in [5.41, 5.74) is 0.908. The van der Waals surface area contributed by atoms with Gasteiger partial charge >= 0.3 is 0 Å². The van der Waals surface area contributed by atoms with E-state index in [-0.39, 0.29) is 18.3 Å². The van der Waals surface area contributed by atoms with Gasteiger partial charge in [-0.1, -0.05) is 30.0 Å². The summed E-state index contributed by atoms with van der Waals surface area (Å²) in [6, 6.07) is 13.2. The van der Waals surface area contributed by atoms with Gasteiger partial charge in [0.25, 0.3) is 0 Å². The summed E-state index contributed by atoms with van der Waals surface area (Å²) in [5.74, 6) is 1.61. The molecule has 2 aromatic heterocycles. The van der Waals surface area contributed by atoms with E-state index >= 15 is 0 Å². The molecule has 0 spiro atoms. The Balaban J connectivity index is 1.53. The minimum Gasteiger partial charge on any atom is -0.479 e. The summed E-state index contributed by atoms with van der Waals surface area (Å²) in [6.45, 7) is 3.16. The first-order valence-electron chi connectivity index (χ1n) is 8.66. The Morgan fingerprint density at radius 2 is 2.25 bits per heavy atom. The Bertz CT molecular complexity index is 963. The van der Waals surface area contributed by atoms with E-state index in [1.165, 1.54) is 11.8 Å². The molecule has 28 heavy (non-hydrogen) atoms. The number of hydrogen-bond acceptors (Lipinski definition) is 7. The number of nitrogens with one attached hydrogen (secondary N) is 1. The number of benzene rings is 1. The first-order valence-corrected chi connectivity index (χ1v) is 10.5. The zero-order valence-corrected chi connectivity index (χ0v) is 16.9. The Morgan fingerprint density at radius 3 is 3.00 bits per heavy atom. The number of carbonyl (C=O) groups is 1. The molecule has 1 N–H and O–H groups in total. The number of hydrogen-bond donors (Lipinski definition) is 1. The number of nitriles is 1. The van der Waals surface area contributed by atoms with Crippen LogP contribution >= 0.6 is 23.1 Å². The van der Waals surface area contributed by atoms with Gasteiger partial charge in [0.2, 0.25) is 5.91 Å². The van der Waals surface area contributed by atoms with Crippen molar-refractivity contribution in [3.63, 3.8) is 0 Å². The molecule has 3 aromatic rings. The lowest BCUT2D eigenvalue weighted by Crippen LogP contribution is -2.24. The highest BCUT2D eigenvalue weighted by Crippen LogP contribution is 2.27. The molecule has 0 saturated carbocycles. The first kappa shape index (κ1) is 19.9. The topological polar surface area (TPSA) is 92.8 Å². The minimum atomic E-state index is -0.0864. The van der Waals surface area contributed by atoms with Gasteiger partial charge < -0.3 is 14.6 Å². The molecule has 0 bridgehead atoms. The van der Waals surface area contributed by atoms with E-state index in [2.05, 4.69) is 15.5 Å². The number of rotatable bonds is 9. The van der Waals surface area contributed by atoms with Crippen LogP contribution in [0.3, 0.4) is 0 Å². The van der Waals surface area contributed by atoms with Gasteiger partial charge in [-0.05, 0) is 36.1 Å². The van der Waals surface area contributed by atoms with Crippen LogP contribution in [0.15, 0.2) is 46.9 Å². The average Bonchev–Trinajstić information content (AvgIpc) is 3.38. The number of carbonyl (C=O) groups excluding carboxylic acids is 1. The van der Waals surface area contributed by atoms with E-state index in [0.717, 1.165) is 28.0 Å². The van der Waals surface area contributed by atoms with Gasteiger partial charge in [0.15, 0.2) is 17.6 Å². The van der Waals surface area contributed by atoms with E-state index in [9.17, 15) is 4.79 Å². The van der Waals surface area contributed by atoms with Gasteiger partial charge in [-0.3, -0.25) is 4.79 Å². The molecule has 144 valence electrons. The van der Waals surface area contributed by atoms with Gasteiger partial charge in [-0.15, -0.1) is 21.5 Å². The summed E-state index contributed by atoms with van der Waals surface area (Å²) in [7, 11) is 0. The van der Waals surface area contributed by atoms with Gasteiger partial charge in [-0.25, -0.2) is 0 Å². The molecule has 7 nitrogen and oxygen atoms in total. The van der Waals surface area contributed by atoms with Crippen molar-refractivity contribution in [1.82, 2.24) is 20.1 Å². The molecule has 0 unspecified atom stereocenters. The quantitative estimate of drug-likeness (QED) is 0.541. The maximum atomic E-state index is 12.2. The Kier molecular flexibility index (Phi) is 7.06. The third-order valence-electron chi connectivity index (χ3n) is 3.80. The van der Waals surface area contributed by atoms with Crippen molar-refractivity contribution in [3.8, 4) is 22.5 Å². The zero-order chi connectivity index (χ0) is 19.8. The molecule has 0 fully saturated rings. The van der Waals surface area contributed by atoms with Crippen molar-refractivity contribution in [3.05, 3.63) is 47.3 Å². The Morgan fingerprint density at radius 1 is 1.36 bits per heavy atom. The maximum Gasteiger partial charge on any atom is 0.230 e. The standard InChI is InChI=1S/C19H19N5O2S2/c1-2-24-18(16-7-4-10-27-16)22-23-19(24)28-13-17(25)21-12-14-5-3-6-15(11-14)26-9-8-20/h3-7,10-11H,2,9,12-13H2,1H3,(H,21,25). The largest absolute Gasteiger partial charge is 0.479 e. The van der Waals surface area contributed by atoms with Crippen molar-refractivity contribution in [2.45, 2.75) is 25.2 Å². The van der Waals surface area contributed by atoms with Crippen LogP contribution in [0.2, 0.25) is 0 Å². The van der Waals surface area contributed by atoms with Gasteiger partial charge in [-0.2, -0.15) is 5.26 Å². The minimum absolute atomic E-state index is 0.00196. The molecule has 0 atom stereocenters. The summed E-state index contributed by atoms with van der Waals surface area (Å²) in [6.07, 6.45) is 0. The average molecular weight is 414 g/mol. The number of amides is 1. The van der Waals surface area contributed by atoms with Crippen LogP contribution in [0.25, 0.3) is 10.7 Å². The molecule has 0 aliphatic carbocycles. The predicted octanol–water partition coefficient (Wildman–Crippen LogP) is 3.34. The number of thioether (sulfide) groups is 1. The molecular weight excluding hydrogens is 394 g/mol. The first-order chi connectivity index (χ1) is 13.7. The number of nitrogens with zero attached hydrogens (tertiary/aromatic N) is 4. The zero-order valence-electron chi connectivity index (χ0n) is 15.3. The lowest BCUT2D eigenvalue weighted by Gasteiger charge is -2.08. The van der Waals surface area contributed by atoms with Gasteiger partial charge in [0.05, 0.1) is 10.6 Å². The van der Waals surface area contributed by atoms with E-state index in [0.29, 0.717) is 12.3 Å². The van der Waals surface area contributed by atoms with Crippen molar-refractivity contribution in [2.75, 3.05) is 12.4 Å². The molecule has 0 aliphatic heterocycles. The third-order valence-corrected chi connectivity index (χ3v) is 5.63.